The minimum Gasteiger partial charge on any atom is -0.409 e. The number of hydrogen-bond acceptors (Lipinski definition) is 4. The van der Waals surface area contributed by atoms with Gasteiger partial charge in [-0.3, -0.25) is 4.79 Å². The van der Waals surface area contributed by atoms with Gasteiger partial charge in [0.25, 0.3) is 0 Å². The average molecular weight is 299 g/mol. The molecule has 0 aromatic carbocycles. The second kappa shape index (κ2) is 6.24. The van der Waals surface area contributed by atoms with Gasteiger partial charge in [-0.15, -0.1) is 0 Å². The molecule has 0 spiro atoms. The van der Waals surface area contributed by atoms with Crippen molar-refractivity contribution in [2.45, 2.75) is 56.7 Å². The number of carbonyl (C=O) groups is 1. The van der Waals surface area contributed by atoms with Gasteiger partial charge in [0.15, 0.2) is 5.84 Å². The molecule has 1 amide bonds. The smallest absolute Gasteiger partial charge is 0.234 e. The van der Waals surface area contributed by atoms with Gasteiger partial charge in [-0.05, 0) is 44.3 Å². The molecule has 2 saturated carbocycles. The molecule has 4 N–H and O–H groups in total. The van der Waals surface area contributed by atoms with Crippen LogP contribution in [0, 0.1) is 11.3 Å². The lowest BCUT2D eigenvalue weighted by molar-refractivity contribution is -0.134. The fraction of sp³-hybridized carbons (Fsp3) is 0.857. The summed E-state index contributed by atoms with van der Waals surface area (Å²) in [6.07, 6.45) is 7.92. The lowest BCUT2D eigenvalue weighted by Gasteiger charge is -2.44. The number of nitrogens with two attached hydrogens (primary N) is 1. The summed E-state index contributed by atoms with van der Waals surface area (Å²) < 4.78 is 0. The minimum absolute atomic E-state index is 0.0577. The van der Waals surface area contributed by atoms with E-state index in [4.69, 9.17) is 10.9 Å². The van der Waals surface area contributed by atoms with E-state index in [1.807, 2.05) is 11.8 Å². The van der Waals surface area contributed by atoms with Crippen molar-refractivity contribution >= 4 is 23.5 Å². The van der Waals surface area contributed by atoms with Crippen LogP contribution in [-0.2, 0) is 4.79 Å². The van der Waals surface area contributed by atoms with Crippen molar-refractivity contribution in [3.05, 3.63) is 0 Å². The minimum atomic E-state index is -0.777. The van der Waals surface area contributed by atoms with Gasteiger partial charge in [0.05, 0.1) is 0 Å². The monoisotopic (exact) mass is 299 g/mol. The Kier molecular flexibility index (Phi) is 4.83. The van der Waals surface area contributed by atoms with Gasteiger partial charge in [-0.25, -0.2) is 0 Å². The molecule has 0 aliphatic heterocycles. The Balaban J connectivity index is 1.99. The van der Waals surface area contributed by atoms with Crippen molar-refractivity contribution in [2.24, 2.45) is 22.2 Å². The molecular weight excluding hydrogens is 274 g/mol. The van der Waals surface area contributed by atoms with E-state index in [0.29, 0.717) is 24.0 Å². The van der Waals surface area contributed by atoms with E-state index in [1.54, 1.807) is 0 Å². The third-order valence-corrected chi connectivity index (χ3v) is 5.82. The molecule has 0 aromatic heterocycles. The number of oxime groups is 1. The van der Waals surface area contributed by atoms with Crippen molar-refractivity contribution in [1.29, 1.82) is 0 Å². The zero-order valence-corrected chi connectivity index (χ0v) is 13.1. The van der Waals surface area contributed by atoms with Gasteiger partial charge < -0.3 is 16.3 Å². The fourth-order valence-corrected chi connectivity index (χ4v) is 4.38. The first-order chi connectivity index (χ1) is 9.51. The highest BCUT2D eigenvalue weighted by molar-refractivity contribution is 7.99. The van der Waals surface area contributed by atoms with Crippen LogP contribution < -0.4 is 11.1 Å². The predicted octanol–water partition coefficient (Wildman–Crippen LogP) is 1.94. The number of hydrogen-bond donors (Lipinski definition) is 3. The van der Waals surface area contributed by atoms with E-state index in [-0.39, 0.29) is 17.8 Å². The quantitative estimate of drug-likeness (QED) is 0.320. The van der Waals surface area contributed by atoms with E-state index in [2.05, 4.69) is 23.7 Å². The second-order valence-electron chi connectivity index (χ2n) is 6.28. The lowest BCUT2D eigenvalue weighted by Crippen LogP contribution is -2.58. The molecule has 114 valence electrons. The first kappa shape index (κ1) is 15.5. The van der Waals surface area contributed by atoms with Crippen LogP contribution in [0.2, 0.25) is 0 Å². The number of amides is 1. The summed E-state index contributed by atoms with van der Waals surface area (Å²) in [5.74, 6) is 0.453. The van der Waals surface area contributed by atoms with Crippen molar-refractivity contribution in [3.8, 4) is 0 Å². The standard InChI is InChI=1S/C14H25N3O2S/c1-9-7-14(8-9,12(15)17-19)13(18)16-10-4-3-5-11(6-10)20-2/h9-11,19H,3-8H2,1-2H3,(H2,15,17)(H,16,18). The maximum atomic E-state index is 12.6. The van der Waals surface area contributed by atoms with Crippen molar-refractivity contribution in [2.75, 3.05) is 6.26 Å². The number of thioether (sulfide) groups is 1. The van der Waals surface area contributed by atoms with Crippen LogP contribution in [0.5, 0.6) is 0 Å². The summed E-state index contributed by atoms with van der Waals surface area (Å²) in [5, 5.41) is 15.8. The van der Waals surface area contributed by atoms with Crippen molar-refractivity contribution in [3.63, 3.8) is 0 Å². The van der Waals surface area contributed by atoms with Crippen molar-refractivity contribution in [1.82, 2.24) is 5.32 Å². The lowest BCUT2D eigenvalue weighted by atomic mass is 9.61. The fourth-order valence-electron chi connectivity index (χ4n) is 3.55. The van der Waals surface area contributed by atoms with Crippen LogP contribution in [-0.4, -0.2) is 34.5 Å². The zero-order chi connectivity index (χ0) is 14.8. The van der Waals surface area contributed by atoms with E-state index in [9.17, 15) is 4.79 Å². The number of nitrogens with zero attached hydrogens (tertiary/aromatic N) is 1. The molecular formula is C14H25N3O2S. The summed E-state index contributed by atoms with van der Waals surface area (Å²) in [5.41, 5.74) is 4.99. The third-order valence-electron chi connectivity index (χ3n) is 4.72. The SMILES string of the molecule is CSC1CCCC(NC(=O)C2(C(N)=NO)CC(C)C2)C1. The maximum Gasteiger partial charge on any atom is 0.234 e. The van der Waals surface area contributed by atoms with Crippen LogP contribution >= 0.6 is 11.8 Å². The Bertz CT molecular complexity index is 394. The molecule has 2 rings (SSSR count). The van der Waals surface area contributed by atoms with Gasteiger partial charge in [0, 0.05) is 11.3 Å². The molecule has 2 unspecified atom stereocenters. The summed E-state index contributed by atoms with van der Waals surface area (Å²) in [7, 11) is 0. The normalized spacial score (nSPS) is 38.1. The molecule has 20 heavy (non-hydrogen) atoms. The van der Waals surface area contributed by atoms with E-state index < -0.39 is 5.41 Å². The molecule has 2 aliphatic carbocycles. The number of nitrogens with one attached hydrogen (secondary N) is 1. The average Bonchev–Trinajstić information content (AvgIpc) is 2.42. The molecule has 6 heteroatoms. The Morgan fingerprint density at radius 2 is 2.15 bits per heavy atom. The summed E-state index contributed by atoms with van der Waals surface area (Å²) in [6.45, 7) is 2.08. The van der Waals surface area contributed by atoms with Crippen LogP contribution in [0.4, 0.5) is 0 Å². The van der Waals surface area contributed by atoms with E-state index in [0.717, 1.165) is 19.3 Å². The highest BCUT2D eigenvalue weighted by Gasteiger charge is 2.52. The largest absolute Gasteiger partial charge is 0.409 e. The number of rotatable bonds is 4. The van der Waals surface area contributed by atoms with Crippen LogP contribution in [0.25, 0.3) is 0 Å². The highest BCUT2D eigenvalue weighted by Crippen LogP contribution is 2.46. The Hall–Kier alpha value is -0.910. The maximum absolute atomic E-state index is 12.6. The van der Waals surface area contributed by atoms with Crippen LogP contribution in [0.15, 0.2) is 5.16 Å². The molecule has 5 nitrogen and oxygen atoms in total. The Morgan fingerprint density at radius 1 is 1.45 bits per heavy atom. The summed E-state index contributed by atoms with van der Waals surface area (Å²) >= 11 is 1.88. The van der Waals surface area contributed by atoms with Gasteiger partial charge in [-0.1, -0.05) is 18.5 Å². The highest BCUT2D eigenvalue weighted by atomic mass is 32.2. The summed E-state index contributed by atoms with van der Waals surface area (Å²) in [6, 6.07) is 0.230. The number of amidine groups is 1. The molecule has 0 aromatic rings. The van der Waals surface area contributed by atoms with Gasteiger partial charge in [-0.2, -0.15) is 11.8 Å². The van der Waals surface area contributed by atoms with Gasteiger partial charge in [0.2, 0.25) is 5.91 Å². The zero-order valence-electron chi connectivity index (χ0n) is 12.3. The van der Waals surface area contributed by atoms with Crippen LogP contribution in [0.3, 0.4) is 0 Å². The topological polar surface area (TPSA) is 87.7 Å². The first-order valence-corrected chi connectivity index (χ1v) is 8.62. The third kappa shape index (κ3) is 2.90. The first-order valence-electron chi connectivity index (χ1n) is 7.33. The van der Waals surface area contributed by atoms with Crippen molar-refractivity contribution < 1.29 is 10.0 Å². The molecule has 0 bridgehead atoms. The molecule has 2 atom stereocenters. The molecule has 2 aliphatic rings. The molecule has 0 saturated heterocycles. The molecule has 0 heterocycles. The van der Waals surface area contributed by atoms with Crippen LogP contribution in [0.1, 0.15) is 45.4 Å². The van der Waals surface area contributed by atoms with Gasteiger partial charge in [0.1, 0.15) is 5.41 Å². The Morgan fingerprint density at radius 3 is 2.70 bits per heavy atom. The number of carbonyl (C=O) groups excluding carboxylic acids is 1. The van der Waals surface area contributed by atoms with E-state index >= 15 is 0 Å². The van der Waals surface area contributed by atoms with Gasteiger partial charge >= 0.3 is 0 Å². The van der Waals surface area contributed by atoms with E-state index in [1.165, 1.54) is 6.42 Å². The second-order valence-corrected chi connectivity index (χ2v) is 7.41. The Labute approximate surface area is 124 Å². The molecule has 2 fully saturated rings. The summed E-state index contributed by atoms with van der Waals surface area (Å²) in [4.78, 5) is 12.6. The predicted molar refractivity (Wildman–Crippen MR) is 81.9 cm³/mol. The molecule has 0 radical (unpaired) electrons.